The molecule has 0 aromatic carbocycles. The van der Waals surface area contributed by atoms with Gasteiger partial charge in [-0.05, 0) is 13.0 Å². The summed E-state index contributed by atoms with van der Waals surface area (Å²) in [5.74, 6) is -0.155. The molecule has 0 saturated carbocycles. The molecule has 0 atom stereocenters. The van der Waals surface area contributed by atoms with Crippen molar-refractivity contribution in [1.82, 2.24) is 15.3 Å². The third-order valence-corrected chi connectivity index (χ3v) is 3.25. The molecule has 0 unspecified atom stereocenters. The summed E-state index contributed by atoms with van der Waals surface area (Å²) < 4.78 is 0. The predicted molar refractivity (Wildman–Crippen MR) is 71.8 cm³/mol. The second kappa shape index (κ2) is 5.59. The van der Waals surface area contributed by atoms with Gasteiger partial charge in [-0.15, -0.1) is 11.3 Å². The minimum Gasteiger partial charge on any atom is -0.387 e. The number of nitrogens with one attached hydrogen (secondary N) is 2. The van der Waals surface area contributed by atoms with Crippen LogP contribution in [0.3, 0.4) is 0 Å². The quantitative estimate of drug-likeness (QED) is 0.882. The van der Waals surface area contributed by atoms with Crippen LogP contribution < -0.4 is 10.6 Å². The molecule has 0 radical (unpaired) electrons. The van der Waals surface area contributed by atoms with E-state index in [1.807, 2.05) is 12.3 Å². The van der Waals surface area contributed by atoms with Crippen molar-refractivity contribution in [1.29, 1.82) is 0 Å². The number of anilines is 1. The van der Waals surface area contributed by atoms with E-state index in [0.29, 0.717) is 12.1 Å². The van der Waals surface area contributed by atoms with Crippen molar-refractivity contribution in [3.05, 3.63) is 40.1 Å². The summed E-state index contributed by atoms with van der Waals surface area (Å²) in [4.78, 5) is 20.2. The number of amides is 1. The van der Waals surface area contributed by atoms with Gasteiger partial charge in [0, 0.05) is 30.5 Å². The highest BCUT2D eigenvalue weighted by Crippen LogP contribution is 2.13. The Hall–Kier alpha value is -1.95. The van der Waals surface area contributed by atoms with Crippen LogP contribution in [0.2, 0.25) is 0 Å². The first-order chi connectivity index (χ1) is 8.70. The molecule has 6 heteroatoms. The Balaban J connectivity index is 2.03. The van der Waals surface area contributed by atoms with E-state index < -0.39 is 0 Å². The molecule has 18 heavy (non-hydrogen) atoms. The molecule has 0 aliphatic rings. The number of rotatable bonds is 4. The van der Waals surface area contributed by atoms with E-state index in [-0.39, 0.29) is 5.91 Å². The van der Waals surface area contributed by atoms with E-state index in [4.69, 9.17) is 0 Å². The smallest absolute Gasteiger partial charge is 0.255 e. The molecule has 0 saturated heterocycles. The van der Waals surface area contributed by atoms with Crippen molar-refractivity contribution in [3.8, 4) is 0 Å². The Bertz CT molecular complexity index is 553. The highest BCUT2D eigenvalue weighted by atomic mass is 32.1. The molecule has 1 amide bonds. The normalized spacial score (nSPS) is 10.1. The summed E-state index contributed by atoms with van der Waals surface area (Å²) in [6.07, 6.45) is 3.19. The molecule has 2 aromatic heterocycles. The van der Waals surface area contributed by atoms with Gasteiger partial charge in [0.15, 0.2) is 0 Å². The zero-order valence-corrected chi connectivity index (χ0v) is 11.0. The molecule has 2 rings (SSSR count). The lowest BCUT2D eigenvalue weighted by Gasteiger charge is -2.08. The van der Waals surface area contributed by atoms with Gasteiger partial charge in [-0.2, -0.15) is 0 Å². The Morgan fingerprint density at radius 3 is 3.00 bits per heavy atom. The van der Waals surface area contributed by atoms with Gasteiger partial charge in [0.25, 0.3) is 5.91 Å². The summed E-state index contributed by atoms with van der Waals surface area (Å²) in [5.41, 5.74) is 2.17. The fraction of sp³-hybridized carbons (Fsp3) is 0.250. The fourth-order valence-corrected chi connectivity index (χ4v) is 2.16. The molecule has 94 valence electrons. The number of aromatic nitrogens is 2. The number of thiazole rings is 1. The van der Waals surface area contributed by atoms with Gasteiger partial charge >= 0.3 is 0 Å². The number of hydrogen-bond donors (Lipinski definition) is 2. The third-order valence-electron chi connectivity index (χ3n) is 2.43. The van der Waals surface area contributed by atoms with Crippen molar-refractivity contribution < 1.29 is 4.79 Å². The van der Waals surface area contributed by atoms with Crippen LogP contribution in [0.4, 0.5) is 5.69 Å². The number of pyridine rings is 1. The van der Waals surface area contributed by atoms with Crippen LogP contribution in [-0.2, 0) is 6.54 Å². The highest BCUT2D eigenvalue weighted by molar-refractivity contribution is 7.09. The lowest BCUT2D eigenvalue weighted by molar-refractivity contribution is 0.0951. The average Bonchev–Trinajstić information content (AvgIpc) is 2.81. The zero-order chi connectivity index (χ0) is 13.0. The topological polar surface area (TPSA) is 66.9 Å². The number of carbonyl (C=O) groups is 1. The Labute approximate surface area is 109 Å². The van der Waals surface area contributed by atoms with Gasteiger partial charge in [0.05, 0.1) is 22.8 Å². The molecule has 0 spiro atoms. The SMILES string of the molecule is CNc1ccncc1C(=O)NCc1csc(C)n1. The van der Waals surface area contributed by atoms with E-state index in [1.165, 1.54) is 0 Å². The number of aryl methyl sites for hydroxylation is 1. The summed E-state index contributed by atoms with van der Waals surface area (Å²) in [7, 11) is 1.77. The van der Waals surface area contributed by atoms with Crippen LogP contribution >= 0.6 is 11.3 Å². The monoisotopic (exact) mass is 262 g/mol. The minimum absolute atomic E-state index is 0.155. The number of hydrogen-bond acceptors (Lipinski definition) is 5. The highest BCUT2D eigenvalue weighted by Gasteiger charge is 2.10. The first-order valence-corrected chi connectivity index (χ1v) is 6.39. The maximum absolute atomic E-state index is 12.0. The van der Waals surface area contributed by atoms with E-state index in [2.05, 4.69) is 20.6 Å². The lowest BCUT2D eigenvalue weighted by atomic mass is 10.2. The van der Waals surface area contributed by atoms with Crippen LogP contribution in [0, 0.1) is 6.92 Å². The van der Waals surface area contributed by atoms with Gasteiger partial charge in [0.1, 0.15) is 0 Å². The fourth-order valence-electron chi connectivity index (χ4n) is 1.55. The number of nitrogens with zero attached hydrogens (tertiary/aromatic N) is 2. The minimum atomic E-state index is -0.155. The van der Waals surface area contributed by atoms with Crippen molar-refractivity contribution in [2.24, 2.45) is 0 Å². The predicted octanol–water partition coefficient (Wildman–Crippen LogP) is 1.82. The first-order valence-electron chi connectivity index (χ1n) is 5.51. The summed E-state index contributed by atoms with van der Waals surface area (Å²) in [6, 6.07) is 1.77. The molecule has 0 bridgehead atoms. The summed E-state index contributed by atoms with van der Waals surface area (Å²) in [6.45, 7) is 2.37. The van der Waals surface area contributed by atoms with E-state index >= 15 is 0 Å². The molecule has 0 aliphatic heterocycles. The first kappa shape index (κ1) is 12.5. The van der Waals surface area contributed by atoms with Crippen molar-refractivity contribution in [3.63, 3.8) is 0 Å². The number of carbonyl (C=O) groups excluding carboxylic acids is 1. The second-order valence-electron chi connectivity index (χ2n) is 3.71. The molecule has 2 heterocycles. The van der Waals surface area contributed by atoms with Gasteiger partial charge in [-0.25, -0.2) is 4.98 Å². The van der Waals surface area contributed by atoms with Crippen molar-refractivity contribution >= 4 is 22.9 Å². The standard InChI is InChI=1S/C12H14N4OS/c1-8-16-9(7-18-8)5-15-12(17)10-6-14-4-3-11(10)13-2/h3-4,6-7H,5H2,1-2H3,(H,13,14)(H,15,17). The molecule has 2 aromatic rings. The summed E-state index contributed by atoms with van der Waals surface area (Å²) in [5, 5.41) is 8.73. The maximum atomic E-state index is 12.0. The van der Waals surface area contributed by atoms with Crippen LogP contribution in [0.15, 0.2) is 23.8 Å². The van der Waals surface area contributed by atoms with Gasteiger partial charge in [-0.1, -0.05) is 0 Å². The average molecular weight is 262 g/mol. The van der Waals surface area contributed by atoms with E-state index in [1.54, 1.807) is 36.8 Å². The van der Waals surface area contributed by atoms with Gasteiger partial charge < -0.3 is 10.6 Å². The molecule has 2 N–H and O–H groups in total. The Kier molecular flexibility index (Phi) is 3.88. The Morgan fingerprint density at radius 2 is 2.33 bits per heavy atom. The second-order valence-corrected chi connectivity index (χ2v) is 4.77. The maximum Gasteiger partial charge on any atom is 0.255 e. The third kappa shape index (κ3) is 2.84. The lowest BCUT2D eigenvalue weighted by Crippen LogP contribution is -2.24. The Morgan fingerprint density at radius 1 is 1.50 bits per heavy atom. The molecule has 0 fully saturated rings. The summed E-state index contributed by atoms with van der Waals surface area (Å²) >= 11 is 1.57. The van der Waals surface area contributed by atoms with Crippen molar-refractivity contribution in [2.75, 3.05) is 12.4 Å². The molecular weight excluding hydrogens is 248 g/mol. The van der Waals surface area contributed by atoms with Crippen LogP contribution in [0.5, 0.6) is 0 Å². The molecular formula is C12H14N4OS. The van der Waals surface area contributed by atoms with Crippen molar-refractivity contribution in [2.45, 2.75) is 13.5 Å². The van der Waals surface area contributed by atoms with Crippen LogP contribution in [0.25, 0.3) is 0 Å². The van der Waals surface area contributed by atoms with Crippen LogP contribution in [0.1, 0.15) is 21.1 Å². The van der Waals surface area contributed by atoms with E-state index in [9.17, 15) is 4.79 Å². The zero-order valence-electron chi connectivity index (χ0n) is 10.2. The molecule has 5 nitrogen and oxygen atoms in total. The molecule has 0 aliphatic carbocycles. The van der Waals surface area contributed by atoms with Crippen LogP contribution in [-0.4, -0.2) is 22.9 Å². The van der Waals surface area contributed by atoms with E-state index in [0.717, 1.165) is 16.4 Å². The largest absolute Gasteiger partial charge is 0.387 e. The van der Waals surface area contributed by atoms with Gasteiger partial charge in [0.2, 0.25) is 0 Å². The van der Waals surface area contributed by atoms with Gasteiger partial charge in [-0.3, -0.25) is 9.78 Å².